The molecule has 17 heavy (non-hydrogen) atoms. The topological polar surface area (TPSA) is 68.3 Å². The molecule has 0 spiro atoms. The quantitative estimate of drug-likeness (QED) is 0.273. The largest absolute Gasteiger partial charge is 0.394 e. The van der Waals surface area contributed by atoms with Gasteiger partial charge in [-0.1, -0.05) is 0 Å². The molecule has 1 fully saturated rings. The zero-order chi connectivity index (χ0) is 12.7. The van der Waals surface area contributed by atoms with E-state index in [2.05, 4.69) is 0 Å². The zero-order valence-corrected chi connectivity index (χ0v) is 11.6. The molecule has 1 aliphatic heterocycles. The number of rotatable bonds is 10. The fourth-order valence-corrected chi connectivity index (χ4v) is 5.79. The lowest BCUT2D eigenvalue weighted by molar-refractivity contribution is -0.107. The molecule has 0 aromatic rings. The Morgan fingerprint density at radius 3 is 2.41 bits per heavy atom. The first-order valence-electron chi connectivity index (χ1n) is 6.22. The number of ether oxygens (including phenoxy) is 1. The summed E-state index contributed by atoms with van der Waals surface area (Å²) in [5, 5.41) is 9.08. The number of carbonyl (C=O) groups excluding carboxylic acids is 1. The second kappa shape index (κ2) is 7.23. The third-order valence-electron chi connectivity index (χ3n) is 2.82. The molecule has 1 saturated heterocycles. The zero-order valence-electron chi connectivity index (χ0n) is 10.6. The van der Waals surface area contributed by atoms with Crippen LogP contribution in [0.2, 0.25) is 6.04 Å². The Morgan fingerprint density at radius 1 is 1.35 bits per heavy atom. The molecule has 1 rings (SSSR count). The minimum absolute atomic E-state index is 0.00719. The summed E-state index contributed by atoms with van der Waals surface area (Å²) in [6, 6.07) is 0.745. The van der Waals surface area contributed by atoms with E-state index in [9.17, 15) is 4.79 Å². The molecule has 0 aliphatic carbocycles. The summed E-state index contributed by atoms with van der Waals surface area (Å²) in [5.41, 5.74) is -0.0842. The number of aliphatic hydroxyl groups excluding tert-OH is 1. The van der Waals surface area contributed by atoms with Crippen molar-refractivity contribution in [1.29, 1.82) is 0 Å². The van der Waals surface area contributed by atoms with Crippen molar-refractivity contribution in [3.05, 3.63) is 0 Å². The molecule has 0 aromatic carbocycles. The standard InChI is InChI=1S/C11H22O5Si/c1-3-14-17(15-4-2,8-6-5-7-12)11-10(9-13)16-11/h7,10-11,13H,3-6,8-9H2,1-2H3. The first-order valence-corrected chi connectivity index (χ1v) is 8.32. The highest BCUT2D eigenvalue weighted by Crippen LogP contribution is 2.36. The average Bonchev–Trinajstić information content (AvgIpc) is 3.09. The Bertz CT molecular complexity index is 230. The number of hydrogen-bond donors (Lipinski definition) is 1. The molecule has 1 N–H and O–H groups in total. The Hall–Kier alpha value is -0.273. The van der Waals surface area contributed by atoms with Crippen molar-refractivity contribution >= 4 is 14.8 Å². The maximum absolute atomic E-state index is 10.4. The highest BCUT2D eigenvalue weighted by Gasteiger charge is 2.59. The van der Waals surface area contributed by atoms with Gasteiger partial charge in [-0.2, -0.15) is 0 Å². The fraction of sp³-hybridized carbons (Fsp3) is 0.909. The highest BCUT2D eigenvalue weighted by molar-refractivity contribution is 6.69. The molecule has 0 saturated carbocycles. The molecule has 5 nitrogen and oxygen atoms in total. The summed E-state index contributed by atoms with van der Waals surface area (Å²) in [7, 11) is -2.42. The predicted octanol–water partition coefficient (Wildman–Crippen LogP) is 0.780. The molecule has 2 atom stereocenters. The maximum atomic E-state index is 10.4. The third kappa shape index (κ3) is 3.85. The third-order valence-corrected chi connectivity index (χ3v) is 6.80. The van der Waals surface area contributed by atoms with Crippen LogP contribution in [0.4, 0.5) is 0 Å². The van der Waals surface area contributed by atoms with Crippen LogP contribution in [0.5, 0.6) is 0 Å². The van der Waals surface area contributed by atoms with Crippen LogP contribution < -0.4 is 0 Å². The summed E-state index contributed by atoms with van der Waals surface area (Å²) in [5.74, 6) is 0. The van der Waals surface area contributed by atoms with Crippen molar-refractivity contribution in [2.45, 2.75) is 44.6 Å². The average molecular weight is 262 g/mol. The van der Waals surface area contributed by atoms with Crippen molar-refractivity contribution in [3.63, 3.8) is 0 Å². The number of carbonyl (C=O) groups is 1. The van der Waals surface area contributed by atoms with Crippen LogP contribution in [0.1, 0.15) is 26.7 Å². The molecule has 0 amide bonds. The van der Waals surface area contributed by atoms with E-state index in [1.165, 1.54) is 0 Å². The van der Waals surface area contributed by atoms with E-state index < -0.39 is 8.56 Å². The van der Waals surface area contributed by atoms with Crippen LogP contribution in [-0.2, 0) is 18.4 Å². The molecule has 2 unspecified atom stereocenters. The van der Waals surface area contributed by atoms with E-state index in [0.717, 1.165) is 18.8 Å². The summed E-state index contributed by atoms with van der Waals surface area (Å²) in [4.78, 5) is 10.4. The van der Waals surface area contributed by atoms with Crippen LogP contribution in [-0.4, -0.2) is 51.6 Å². The minimum atomic E-state index is -2.42. The van der Waals surface area contributed by atoms with Crippen LogP contribution >= 0.6 is 0 Å². The van der Waals surface area contributed by atoms with Crippen molar-refractivity contribution < 1.29 is 23.5 Å². The molecule has 0 radical (unpaired) electrons. The van der Waals surface area contributed by atoms with Crippen molar-refractivity contribution in [2.24, 2.45) is 0 Å². The number of aldehydes is 1. The van der Waals surface area contributed by atoms with Gasteiger partial charge in [0.1, 0.15) is 18.1 Å². The molecule has 1 heterocycles. The van der Waals surface area contributed by atoms with Gasteiger partial charge in [0.25, 0.3) is 0 Å². The molecular weight excluding hydrogens is 240 g/mol. The monoisotopic (exact) mass is 262 g/mol. The number of unbranched alkanes of at least 4 members (excludes halogenated alkanes) is 1. The molecule has 0 bridgehead atoms. The normalized spacial score (nSPS) is 23.7. The summed E-state index contributed by atoms with van der Waals surface area (Å²) in [6.07, 6.45) is 2.05. The van der Waals surface area contributed by atoms with Crippen LogP contribution in [0.15, 0.2) is 0 Å². The first kappa shape index (κ1) is 14.8. The van der Waals surface area contributed by atoms with Gasteiger partial charge in [-0.25, -0.2) is 0 Å². The lowest BCUT2D eigenvalue weighted by atomic mass is 10.4. The van der Waals surface area contributed by atoms with Crippen molar-refractivity contribution in [2.75, 3.05) is 19.8 Å². The fourth-order valence-electron chi connectivity index (χ4n) is 2.08. The Balaban J connectivity index is 2.62. The second-order valence-electron chi connectivity index (χ2n) is 4.01. The van der Waals surface area contributed by atoms with Crippen LogP contribution in [0, 0.1) is 0 Å². The summed E-state index contributed by atoms with van der Waals surface area (Å²) < 4.78 is 17.1. The van der Waals surface area contributed by atoms with Crippen molar-refractivity contribution in [3.8, 4) is 0 Å². The van der Waals surface area contributed by atoms with E-state index in [1.54, 1.807) is 0 Å². The molecule has 100 valence electrons. The lowest BCUT2D eigenvalue weighted by Crippen LogP contribution is -2.49. The second-order valence-corrected chi connectivity index (χ2v) is 7.28. The van der Waals surface area contributed by atoms with Gasteiger partial charge in [0.05, 0.1) is 6.61 Å². The number of hydrogen-bond acceptors (Lipinski definition) is 5. The van der Waals surface area contributed by atoms with Crippen LogP contribution in [0.25, 0.3) is 0 Å². The summed E-state index contributed by atoms with van der Waals surface area (Å²) in [6.45, 7) is 5.01. The smallest absolute Gasteiger partial charge is 0.370 e. The Morgan fingerprint density at radius 2 is 2.00 bits per heavy atom. The minimum Gasteiger partial charge on any atom is -0.394 e. The SMILES string of the molecule is CCO[Si](CCCC=O)(OCC)C1OC1CO. The Kier molecular flexibility index (Phi) is 6.28. The number of aliphatic hydroxyl groups is 1. The molecule has 0 aromatic heterocycles. The summed E-state index contributed by atoms with van der Waals surface area (Å²) >= 11 is 0. The van der Waals surface area contributed by atoms with Crippen LogP contribution in [0.3, 0.4) is 0 Å². The molecular formula is C11H22O5Si. The van der Waals surface area contributed by atoms with E-state index in [-0.39, 0.29) is 18.4 Å². The predicted molar refractivity (Wildman–Crippen MR) is 64.9 cm³/mol. The Labute approximate surface area is 103 Å². The van der Waals surface area contributed by atoms with Crippen molar-refractivity contribution in [1.82, 2.24) is 0 Å². The van der Waals surface area contributed by atoms with Gasteiger partial charge in [0, 0.05) is 19.6 Å². The van der Waals surface area contributed by atoms with Gasteiger partial charge in [0.2, 0.25) is 0 Å². The van der Waals surface area contributed by atoms with Gasteiger partial charge in [-0.05, 0) is 26.3 Å². The molecule has 1 aliphatic rings. The van der Waals surface area contributed by atoms with Gasteiger partial charge < -0.3 is 23.5 Å². The van der Waals surface area contributed by atoms with E-state index in [0.29, 0.717) is 19.6 Å². The maximum Gasteiger partial charge on any atom is 0.370 e. The van der Waals surface area contributed by atoms with Gasteiger partial charge in [-0.15, -0.1) is 0 Å². The van der Waals surface area contributed by atoms with Gasteiger partial charge >= 0.3 is 8.56 Å². The first-order chi connectivity index (χ1) is 8.24. The van der Waals surface area contributed by atoms with Gasteiger partial charge in [0.15, 0.2) is 0 Å². The van der Waals surface area contributed by atoms with Gasteiger partial charge in [-0.3, -0.25) is 0 Å². The highest BCUT2D eigenvalue weighted by atomic mass is 28.4. The van der Waals surface area contributed by atoms with E-state index >= 15 is 0 Å². The molecule has 6 heteroatoms. The lowest BCUT2D eigenvalue weighted by Gasteiger charge is -2.28. The van der Waals surface area contributed by atoms with E-state index in [4.69, 9.17) is 18.7 Å². The van der Waals surface area contributed by atoms with E-state index in [1.807, 2.05) is 13.8 Å². The number of epoxide rings is 1.